The van der Waals surface area contributed by atoms with Crippen LogP contribution in [0.3, 0.4) is 0 Å². The van der Waals surface area contributed by atoms with Gasteiger partial charge >= 0.3 is 5.97 Å². The number of hydrogen-bond donors (Lipinski definition) is 0. The summed E-state index contributed by atoms with van der Waals surface area (Å²) in [7, 11) is -2.47. The van der Waals surface area contributed by atoms with Crippen molar-refractivity contribution in [3.63, 3.8) is 0 Å². The van der Waals surface area contributed by atoms with Crippen molar-refractivity contribution < 1.29 is 32.2 Å². The van der Waals surface area contributed by atoms with Crippen molar-refractivity contribution in [2.45, 2.75) is 11.5 Å². The van der Waals surface area contributed by atoms with Crippen LogP contribution in [0.15, 0.2) is 77.7 Å². The molecule has 1 saturated heterocycles. The minimum atomic E-state index is -3.86. The molecule has 0 bridgehead atoms. The Labute approximate surface area is 198 Å². The first-order valence-electron chi connectivity index (χ1n) is 10.7. The van der Waals surface area contributed by atoms with Crippen LogP contribution in [0.4, 0.5) is 0 Å². The lowest BCUT2D eigenvalue weighted by Gasteiger charge is -2.26. The quantitative estimate of drug-likeness (QED) is 0.449. The Hall–Kier alpha value is -3.40. The highest BCUT2D eigenvalue weighted by atomic mass is 32.2. The molecule has 9 heteroatoms. The fraction of sp³-hybridized carbons (Fsp3) is 0.240. The Kier molecular flexibility index (Phi) is 7.46. The first-order chi connectivity index (χ1) is 16.5. The second kappa shape index (κ2) is 10.7. The Morgan fingerprint density at radius 2 is 1.68 bits per heavy atom. The van der Waals surface area contributed by atoms with E-state index in [1.165, 1.54) is 29.6 Å². The monoisotopic (exact) mass is 483 g/mol. The topological polar surface area (TPSA) is 91.4 Å². The first-order valence-corrected chi connectivity index (χ1v) is 12.2. The minimum Gasteiger partial charge on any atom is -0.495 e. The maximum absolute atomic E-state index is 13.1. The van der Waals surface area contributed by atoms with Gasteiger partial charge in [0, 0.05) is 13.1 Å². The number of morpholine rings is 1. The molecule has 0 spiro atoms. The van der Waals surface area contributed by atoms with Gasteiger partial charge in [-0.05, 0) is 48.0 Å². The fourth-order valence-corrected chi connectivity index (χ4v) is 5.08. The lowest BCUT2D eigenvalue weighted by molar-refractivity contribution is 0.0472. The molecular formula is C25H25NO7S. The van der Waals surface area contributed by atoms with Crippen molar-refractivity contribution >= 4 is 16.0 Å². The Morgan fingerprint density at radius 3 is 2.41 bits per heavy atom. The van der Waals surface area contributed by atoms with E-state index >= 15 is 0 Å². The molecule has 34 heavy (non-hydrogen) atoms. The van der Waals surface area contributed by atoms with Gasteiger partial charge in [-0.2, -0.15) is 4.31 Å². The number of ether oxygens (including phenoxy) is 4. The molecular weight excluding hydrogens is 458 g/mol. The molecule has 0 atom stereocenters. The van der Waals surface area contributed by atoms with Crippen LogP contribution in [-0.4, -0.2) is 52.1 Å². The average molecular weight is 484 g/mol. The molecule has 1 fully saturated rings. The Balaban J connectivity index is 1.47. The van der Waals surface area contributed by atoms with Crippen LogP contribution in [0.2, 0.25) is 0 Å². The first kappa shape index (κ1) is 23.7. The van der Waals surface area contributed by atoms with Crippen LogP contribution in [0.1, 0.15) is 15.9 Å². The van der Waals surface area contributed by atoms with Crippen molar-refractivity contribution in [2.24, 2.45) is 0 Å². The molecule has 0 saturated carbocycles. The number of rotatable bonds is 8. The summed E-state index contributed by atoms with van der Waals surface area (Å²) in [5, 5.41) is 0. The zero-order valence-electron chi connectivity index (χ0n) is 18.7. The lowest BCUT2D eigenvalue weighted by atomic mass is 10.2. The number of benzene rings is 3. The average Bonchev–Trinajstić information content (AvgIpc) is 2.88. The molecule has 0 aliphatic carbocycles. The number of methoxy groups -OCH3 is 1. The molecule has 1 heterocycles. The van der Waals surface area contributed by atoms with Gasteiger partial charge in [-0.25, -0.2) is 13.2 Å². The van der Waals surface area contributed by atoms with Gasteiger partial charge in [-0.15, -0.1) is 0 Å². The van der Waals surface area contributed by atoms with Crippen molar-refractivity contribution in [1.29, 1.82) is 0 Å². The van der Waals surface area contributed by atoms with E-state index in [1.54, 1.807) is 6.07 Å². The SMILES string of the molecule is COc1ccc(C(=O)OCc2cccc(Oc3ccccc3)c2)cc1S(=O)(=O)N1CCOCC1. The molecule has 1 aliphatic rings. The van der Waals surface area contributed by atoms with E-state index < -0.39 is 16.0 Å². The Bertz CT molecular complexity index is 1240. The van der Waals surface area contributed by atoms with Gasteiger partial charge in [-0.3, -0.25) is 0 Å². The van der Waals surface area contributed by atoms with Crippen LogP contribution in [0.5, 0.6) is 17.2 Å². The maximum Gasteiger partial charge on any atom is 0.338 e. The number of carbonyl (C=O) groups is 1. The second-order valence-electron chi connectivity index (χ2n) is 7.52. The molecule has 0 unspecified atom stereocenters. The van der Waals surface area contributed by atoms with Gasteiger partial charge in [0.05, 0.1) is 25.9 Å². The summed E-state index contributed by atoms with van der Waals surface area (Å²) < 4.78 is 49.3. The largest absolute Gasteiger partial charge is 0.495 e. The van der Waals surface area contributed by atoms with E-state index in [2.05, 4.69) is 0 Å². The standard InChI is InChI=1S/C25H25NO7S/c1-30-23-11-10-20(17-24(23)34(28,29)26-12-14-31-15-13-26)25(27)32-18-19-6-5-9-22(16-19)33-21-7-3-2-4-8-21/h2-11,16-17H,12-15,18H2,1H3. The van der Waals surface area contributed by atoms with E-state index in [1.807, 2.05) is 48.5 Å². The molecule has 4 rings (SSSR count). The zero-order valence-corrected chi connectivity index (χ0v) is 19.5. The zero-order chi connectivity index (χ0) is 24.0. The van der Waals surface area contributed by atoms with Crippen molar-refractivity contribution in [3.8, 4) is 17.2 Å². The summed E-state index contributed by atoms with van der Waals surface area (Å²) in [5.41, 5.74) is 0.848. The van der Waals surface area contributed by atoms with E-state index in [-0.39, 0.29) is 35.9 Å². The van der Waals surface area contributed by atoms with Gasteiger partial charge in [0.25, 0.3) is 0 Å². The highest BCUT2D eigenvalue weighted by molar-refractivity contribution is 7.89. The summed E-state index contributed by atoms with van der Waals surface area (Å²) >= 11 is 0. The highest BCUT2D eigenvalue weighted by Crippen LogP contribution is 2.29. The minimum absolute atomic E-state index is 0.00238. The predicted molar refractivity (Wildman–Crippen MR) is 125 cm³/mol. The molecule has 178 valence electrons. The number of para-hydroxylation sites is 1. The summed E-state index contributed by atoms with van der Waals surface area (Å²) in [6.45, 7) is 1.11. The number of nitrogens with zero attached hydrogens (tertiary/aromatic N) is 1. The third-order valence-corrected chi connectivity index (χ3v) is 7.15. The van der Waals surface area contributed by atoms with E-state index in [0.717, 1.165) is 5.56 Å². The maximum atomic E-state index is 13.1. The van der Waals surface area contributed by atoms with Crippen LogP contribution < -0.4 is 9.47 Å². The normalized spacial score (nSPS) is 14.4. The molecule has 0 N–H and O–H groups in total. The predicted octanol–water partition coefficient (Wildman–Crippen LogP) is 3.87. The van der Waals surface area contributed by atoms with Crippen LogP contribution >= 0.6 is 0 Å². The summed E-state index contributed by atoms with van der Waals surface area (Å²) in [5.74, 6) is 0.830. The van der Waals surface area contributed by atoms with E-state index in [9.17, 15) is 13.2 Å². The van der Waals surface area contributed by atoms with E-state index in [4.69, 9.17) is 18.9 Å². The third-order valence-electron chi connectivity index (χ3n) is 5.23. The second-order valence-corrected chi connectivity index (χ2v) is 9.43. The smallest absolute Gasteiger partial charge is 0.338 e. The summed E-state index contributed by atoms with van der Waals surface area (Å²) in [6, 6.07) is 20.8. The number of carbonyl (C=O) groups excluding carboxylic acids is 1. The van der Waals surface area contributed by atoms with Crippen molar-refractivity contribution in [1.82, 2.24) is 4.31 Å². The molecule has 0 amide bonds. The van der Waals surface area contributed by atoms with Crippen LogP contribution in [0.25, 0.3) is 0 Å². The van der Waals surface area contributed by atoms with Gasteiger partial charge in [0.2, 0.25) is 10.0 Å². The van der Waals surface area contributed by atoms with Crippen LogP contribution in [0, 0.1) is 0 Å². The van der Waals surface area contributed by atoms with Gasteiger partial charge < -0.3 is 18.9 Å². The third kappa shape index (κ3) is 5.56. The van der Waals surface area contributed by atoms with Gasteiger partial charge in [-0.1, -0.05) is 30.3 Å². The Morgan fingerprint density at radius 1 is 0.941 bits per heavy atom. The van der Waals surface area contributed by atoms with Gasteiger partial charge in [0.1, 0.15) is 28.8 Å². The van der Waals surface area contributed by atoms with Crippen molar-refractivity contribution in [3.05, 3.63) is 83.9 Å². The number of hydrogen-bond acceptors (Lipinski definition) is 7. The molecule has 1 aliphatic heterocycles. The molecule has 3 aromatic rings. The summed E-state index contributed by atoms with van der Waals surface area (Å²) in [6.07, 6.45) is 0. The fourth-order valence-electron chi connectivity index (χ4n) is 3.49. The molecule has 8 nitrogen and oxygen atoms in total. The highest BCUT2D eigenvalue weighted by Gasteiger charge is 2.30. The number of esters is 1. The van der Waals surface area contributed by atoms with E-state index in [0.29, 0.717) is 24.7 Å². The van der Waals surface area contributed by atoms with Gasteiger partial charge in [0.15, 0.2) is 0 Å². The van der Waals surface area contributed by atoms with Crippen LogP contribution in [-0.2, 0) is 26.1 Å². The molecule has 0 aromatic heterocycles. The summed E-state index contributed by atoms with van der Waals surface area (Å²) in [4.78, 5) is 12.6. The molecule has 3 aromatic carbocycles. The van der Waals surface area contributed by atoms with Crippen molar-refractivity contribution in [2.75, 3.05) is 33.4 Å². The number of sulfonamides is 1. The lowest BCUT2D eigenvalue weighted by Crippen LogP contribution is -2.40. The molecule has 0 radical (unpaired) electrons.